The molecule has 120 valence electrons. The first-order chi connectivity index (χ1) is 10.0. The van der Waals surface area contributed by atoms with E-state index >= 15 is 0 Å². The van der Waals surface area contributed by atoms with Gasteiger partial charge in [0.15, 0.2) is 0 Å². The fraction of sp³-hybridized carbons (Fsp3) is 0.647. The van der Waals surface area contributed by atoms with Crippen LogP contribution in [0, 0.1) is 0 Å². The van der Waals surface area contributed by atoms with Crippen molar-refractivity contribution in [3.05, 3.63) is 28.8 Å². The molecule has 0 aliphatic heterocycles. The summed E-state index contributed by atoms with van der Waals surface area (Å²) < 4.78 is 5.23. The van der Waals surface area contributed by atoms with Gasteiger partial charge in [-0.1, -0.05) is 31.5 Å². The third-order valence-electron chi connectivity index (χ3n) is 3.95. The molecule has 2 unspecified atom stereocenters. The van der Waals surface area contributed by atoms with Crippen molar-refractivity contribution < 1.29 is 4.74 Å². The Hall–Kier alpha value is -0.770. The quantitative estimate of drug-likeness (QED) is 0.737. The van der Waals surface area contributed by atoms with Gasteiger partial charge in [0.25, 0.3) is 0 Å². The number of hydrogen-bond acceptors (Lipinski definition) is 3. The van der Waals surface area contributed by atoms with E-state index in [0.29, 0.717) is 18.7 Å². The summed E-state index contributed by atoms with van der Waals surface area (Å²) in [6, 6.07) is 7.13. The van der Waals surface area contributed by atoms with Crippen LogP contribution in [0.3, 0.4) is 0 Å². The number of hydrogen-bond donors (Lipinski definition) is 1. The highest BCUT2D eigenvalue weighted by atomic mass is 35.5. The maximum absolute atomic E-state index is 6.54. The molecule has 2 atom stereocenters. The second-order valence-corrected chi connectivity index (χ2v) is 5.84. The highest BCUT2D eigenvalue weighted by molar-refractivity contribution is 6.33. The van der Waals surface area contributed by atoms with Crippen LogP contribution in [-0.4, -0.2) is 32.8 Å². The molecule has 1 N–H and O–H groups in total. The number of benzene rings is 1. The summed E-state index contributed by atoms with van der Waals surface area (Å²) in [6.07, 6.45) is 1.08. The first-order valence-corrected chi connectivity index (χ1v) is 8.21. The van der Waals surface area contributed by atoms with E-state index in [0.717, 1.165) is 30.2 Å². The number of nitrogens with one attached hydrogen (secondary N) is 1. The first-order valence-electron chi connectivity index (χ1n) is 7.83. The molecule has 4 heteroatoms. The summed E-state index contributed by atoms with van der Waals surface area (Å²) in [5.74, 6) is 0. The zero-order valence-corrected chi connectivity index (χ0v) is 14.7. The van der Waals surface area contributed by atoms with E-state index in [4.69, 9.17) is 16.3 Å². The van der Waals surface area contributed by atoms with E-state index < -0.39 is 0 Å². The summed E-state index contributed by atoms with van der Waals surface area (Å²) in [4.78, 5) is 2.33. The van der Waals surface area contributed by atoms with E-state index in [1.807, 2.05) is 0 Å². The van der Waals surface area contributed by atoms with Crippen molar-refractivity contribution in [2.75, 3.05) is 31.7 Å². The molecule has 0 aromatic heterocycles. The molecule has 1 rings (SSSR count). The predicted octanol–water partition coefficient (Wildman–Crippen LogP) is 4.26. The Bertz CT molecular complexity index is 425. The first kappa shape index (κ1) is 18.3. The smallest absolute Gasteiger partial charge is 0.0643 e. The molecule has 0 saturated heterocycles. The minimum Gasteiger partial charge on any atom is -0.383 e. The van der Waals surface area contributed by atoms with Crippen molar-refractivity contribution in [3.63, 3.8) is 0 Å². The summed E-state index contributed by atoms with van der Waals surface area (Å²) in [5.41, 5.74) is 2.32. The minimum absolute atomic E-state index is 0.317. The number of halogens is 1. The number of methoxy groups -OCH3 is 1. The van der Waals surface area contributed by atoms with Crippen molar-refractivity contribution in [2.45, 2.75) is 46.2 Å². The fourth-order valence-corrected chi connectivity index (χ4v) is 2.74. The van der Waals surface area contributed by atoms with Gasteiger partial charge in [-0.25, -0.2) is 0 Å². The molecule has 0 heterocycles. The molecule has 0 amide bonds. The lowest BCUT2D eigenvalue weighted by atomic mass is 10.1. The normalized spacial score (nSPS) is 14.0. The molecule has 1 aromatic carbocycles. The van der Waals surface area contributed by atoms with Gasteiger partial charge in [0, 0.05) is 25.7 Å². The van der Waals surface area contributed by atoms with Crippen molar-refractivity contribution in [2.24, 2.45) is 0 Å². The second-order valence-electron chi connectivity index (χ2n) is 5.43. The van der Waals surface area contributed by atoms with E-state index in [9.17, 15) is 0 Å². The van der Waals surface area contributed by atoms with Gasteiger partial charge in [-0.3, -0.25) is 0 Å². The van der Waals surface area contributed by atoms with E-state index in [-0.39, 0.29) is 0 Å². The maximum atomic E-state index is 6.54. The molecule has 0 aliphatic rings. The molecule has 0 radical (unpaired) electrons. The monoisotopic (exact) mass is 312 g/mol. The number of ether oxygens (including phenoxy) is 1. The summed E-state index contributed by atoms with van der Waals surface area (Å²) in [6.45, 7) is 11.2. The molecule has 1 aromatic rings. The lowest BCUT2D eigenvalue weighted by molar-refractivity contribution is 0.203. The lowest BCUT2D eigenvalue weighted by Gasteiger charge is -2.31. The van der Waals surface area contributed by atoms with Crippen molar-refractivity contribution >= 4 is 17.3 Å². The number of anilines is 1. The number of rotatable bonds is 9. The lowest BCUT2D eigenvalue weighted by Crippen LogP contribution is -2.35. The van der Waals surface area contributed by atoms with Crippen LogP contribution in [0.15, 0.2) is 18.2 Å². The average Bonchev–Trinajstić information content (AvgIpc) is 2.48. The fourth-order valence-electron chi connectivity index (χ4n) is 2.44. The topological polar surface area (TPSA) is 24.5 Å². The van der Waals surface area contributed by atoms with Crippen LogP contribution in [0.25, 0.3) is 0 Å². The zero-order chi connectivity index (χ0) is 15.8. The highest BCUT2D eigenvalue weighted by Crippen LogP contribution is 2.30. The largest absolute Gasteiger partial charge is 0.383 e. The van der Waals surface area contributed by atoms with Crippen molar-refractivity contribution in [1.82, 2.24) is 5.32 Å². The van der Waals surface area contributed by atoms with Gasteiger partial charge in [-0.2, -0.15) is 0 Å². The van der Waals surface area contributed by atoms with Crippen LogP contribution in [0.4, 0.5) is 5.69 Å². The Morgan fingerprint density at radius 2 is 2.00 bits per heavy atom. The van der Waals surface area contributed by atoms with Gasteiger partial charge >= 0.3 is 0 Å². The molecule has 0 bridgehead atoms. The van der Waals surface area contributed by atoms with Crippen LogP contribution in [0.5, 0.6) is 0 Å². The van der Waals surface area contributed by atoms with Crippen molar-refractivity contribution in [3.8, 4) is 0 Å². The SMILES string of the molecule is CCNC(C)c1ccc(N(CCOC)C(C)CC)c(Cl)c1. The standard InChI is InChI=1S/C17H29ClN2O/c1-6-13(3)20(10-11-21-5)17-9-8-15(12-16(17)18)14(4)19-7-2/h8-9,12-14,19H,6-7,10-11H2,1-5H3. The Morgan fingerprint density at radius 1 is 1.29 bits per heavy atom. The van der Waals surface area contributed by atoms with Crippen LogP contribution >= 0.6 is 11.6 Å². The summed E-state index contributed by atoms with van der Waals surface area (Å²) in [5, 5.41) is 4.23. The van der Waals surface area contributed by atoms with E-state index in [2.05, 4.69) is 56.1 Å². The maximum Gasteiger partial charge on any atom is 0.0643 e. The molecule has 0 fully saturated rings. The van der Waals surface area contributed by atoms with Crippen molar-refractivity contribution in [1.29, 1.82) is 0 Å². The van der Waals surface area contributed by atoms with E-state index in [1.165, 1.54) is 5.56 Å². The molecule has 0 spiro atoms. The van der Waals surface area contributed by atoms with Crippen LogP contribution in [-0.2, 0) is 4.74 Å². The molecule has 3 nitrogen and oxygen atoms in total. The molecular weight excluding hydrogens is 284 g/mol. The van der Waals surface area contributed by atoms with E-state index in [1.54, 1.807) is 7.11 Å². The van der Waals surface area contributed by atoms with Gasteiger partial charge in [0.05, 0.1) is 17.3 Å². The zero-order valence-electron chi connectivity index (χ0n) is 13.9. The van der Waals surface area contributed by atoms with Gasteiger partial charge in [0.2, 0.25) is 0 Å². The molecular formula is C17H29ClN2O. The van der Waals surface area contributed by atoms with Crippen LogP contribution in [0.1, 0.15) is 45.7 Å². The van der Waals surface area contributed by atoms with Gasteiger partial charge in [-0.05, 0) is 44.5 Å². The Morgan fingerprint density at radius 3 is 2.52 bits per heavy atom. The molecule has 0 saturated carbocycles. The van der Waals surface area contributed by atoms with Gasteiger partial charge in [-0.15, -0.1) is 0 Å². The second kappa shape index (κ2) is 9.29. The van der Waals surface area contributed by atoms with Gasteiger partial charge < -0.3 is 15.0 Å². The average molecular weight is 313 g/mol. The highest BCUT2D eigenvalue weighted by Gasteiger charge is 2.16. The molecule has 21 heavy (non-hydrogen) atoms. The predicted molar refractivity (Wildman–Crippen MR) is 92.5 cm³/mol. The van der Waals surface area contributed by atoms with Crippen LogP contribution < -0.4 is 10.2 Å². The van der Waals surface area contributed by atoms with Gasteiger partial charge in [0.1, 0.15) is 0 Å². The summed E-state index contributed by atoms with van der Waals surface area (Å²) in [7, 11) is 1.73. The minimum atomic E-state index is 0.317. The Balaban J connectivity index is 2.98. The molecule has 0 aliphatic carbocycles. The third-order valence-corrected chi connectivity index (χ3v) is 4.25. The number of nitrogens with zero attached hydrogens (tertiary/aromatic N) is 1. The Labute approximate surface area is 134 Å². The third kappa shape index (κ3) is 5.17. The van der Waals surface area contributed by atoms with Crippen LogP contribution in [0.2, 0.25) is 5.02 Å². The summed E-state index contributed by atoms with van der Waals surface area (Å²) >= 11 is 6.54. The Kier molecular flexibility index (Phi) is 8.09.